The molecule has 0 saturated carbocycles. The van der Waals surface area contributed by atoms with Gasteiger partial charge in [0.15, 0.2) is 0 Å². The van der Waals surface area contributed by atoms with E-state index >= 15 is 0 Å². The largest absolute Gasteiger partial charge is 0.388 e. The van der Waals surface area contributed by atoms with Crippen molar-refractivity contribution in [2.45, 2.75) is 25.9 Å². The third-order valence-electron chi connectivity index (χ3n) is 3.57. The second-order valence-electron chi connectivity index (χ2n) is 4.92. The van der Waals surface area contributed by atoms with Gasteiger partial charge in [0, 0.05) is 23.0 Å². The first-order chi connectivity index (χ1) is 9.78. The minimum Gasteiger partial charge on any atom is -0.388 e. The highest BCUT2D eigenvalue weighted by Crippen LogP contribution is 2.31. The van der Waals surface area contributed by atoms with Crippen molar-refractivity contribution in [2.75, 3.05) is 0 Å². The molecule has 102 valence electrons. The molecule has 3 rings (SSSR count). The van der Waals surface area contributed by atoms with Crippen molar-refractivity contribution >= 4 is 21.4 Å². The number of hydrogen-bond donors (Lipinski definition) is 1. The third-order valence-corrected chi connectivity index (χ3v) is 4.55. The van der Waals surface area contributed by atoms with Gasteiger partial charge < -0.3 is 5.11 Å². The molecule has 1 atom stereocenters. The summed E-state index contributed by atoms with van der Waals surface area (Å²) in [6.45, 7) is 2.11. The molecular formula is C17H17NOS. The molecule has 3 aromatic rings. The lowest BCUT2D eigenvalue weighted by Gasteiger charge is -2.10. The molecule has 0 aliphatic heterocycles. The maximum Gasteiger partial charge on any atom is 0.0859 e. The van der Waals surface area contributed by atoms with Gasteiger partial charge in [-0.15, -0.1) is 11.3 Å². The van der Waals surface area contributed by atoms with Gasteiger partial charge >= 0.3 is 0 Å². The number of nitrogens with zero attached hydrogens (tertiary/aromatic N) is 1. The van der Waals surface area contributed by atoms with E-state index in [1.807, 2.05) is 24.4 Å². The van der Waals surface area contributed by atoms with E-state index in [2.05, 4.69) is 35.5 Å². The van der Waals surface area contributed by atoms with Crippen LogP contribution in [0.5, 0.6) is 0 Å². The highest BCUT2D eigenvalue weighted by molar-refractivity contribution is 7.17. The van der Waals surface area contributed by atoms with E-state index in [0.717, 1.165) is 23.1 Å². The maximum absolute atomic E-state index is 10.5. The van der Waals surface area contributed by atoms with Gasteiger partial charge in [-0.2, -0.15) is 0 Å². The molecule has 0 radical (unpaired) electrons. The minimum absolute atomic E-state index is 0.494. The zero-order valence-electron chi connectivity index (χ0n) is 11.4. The van der Waals surface area contributed by atoms with Crippen molar-refractivity contribution in [1.29, 1.82) is 0 Å². The number of aliphatic hydroxyl groups excluding tert-OH is 1. The van der Waals surface area contributed by atoms with Crippen LogP contribution < -0.4 is 0 Å². The molecule has 2 heterocycles. The highest BCUT2D eigenvalue weighted by atomic mass is 32.1. The van der Waals surface area contributed by atoms with Crippen LogP contribution in [-0.4, -0.2) is 10.1 Å². The summed E-state index contributed by atoms with van der Waals surface area (Å²) in [7, 11) is 0. The molecule has 1 aromatic carbocycles. The molecule has 20 heavy (non-hydrogen) atoms. The zero-order chi connectivity index (χ0) is 13.9. The maximum atomic E-state index is 10.5. The fourth-order valence-corrected chi connectivity index (χ4v) is 3.36. The van der Waals surface area contributed by atoms with Gasteiger partial charge in [-0.1, -0.05) is 31.2 Å². The Bertz CT molecular complexity index is 702. The monoisotopic (exact) mass is 283 g/mol. The first-order valence-corrected chi connectivity index (χ1v) is 7.74. The summed E-state index contributed by atoms with van der Waals surface area (Å²) in [5.74, 6) is 0. The number of pyridine rings is 1. The number of fused-ring (bicyclic) bond motifs is 1. The van der Waals surface area contributed by atoms with Crippen molar-refractivity contribution in [1.82, 2.24) is 4.98 Å². The summed E-state index contributed by atoms with van der Waals surface area (Å²) < 4.78 is 1.22. The molecule has 0 saturated heterocycles. The van der Waals surface area contributed by atoms with E-state index in [1.54, 1.807) is 11.3 Å². The van der Waals surface area contributed by atoms with Gasteiger partial charge in [0.05, 0.1) is 6.10 Å². The molecule has 0 aliphatic rings. The lowest BCUT2D eigenvalue weighted by atomic mass is 10.0. The van der Waals surface area contributed by atoms with E-state index in [-0.39, 0.29) is 0 Å². The molecular weight excluding hydrogens is 266 g/mol. The van der Waals surface area contributed by atoms with Gasteiger partial charge in [-0.25, -0.2) is 0 Å². The molecule has 0 amide bonds. The Kier molecular flexibility index (Phi) is 3.81. The van der Waals surface area contributed by atoms with Crippen LogP contribution in [0.25, 0.3) is 10.1 Å². The van der Waals surface area contributed by atoms with Gasteiger partial charge in [-0.3, -0.25) is 4.98 Å². The molecule has 0 spiro atoms. The van der Waals surface area contributed by atoms with E-state index in [9.17, 15) is 5.11 Å². The minimum atomic E-state index is -0.494. The molecule has 3 heteroatoms. The number of benzene rings is 1. The van der Waals surface area contributed by atoms with Gasteiger partial charge in [0.25, 0.3) is 0 Å². The predicted molar refractivity (Wildman–Crippen MR) is 84.1 cm³/mol. The van der Waals surface area contributed by atoms with Crippen LogP contribution in [-0.2, 0) is 12.8 Å². The topological polar surface area (TPSA) is 33.1 Å². The molecule has 0 fully saturated rings. The Morgan fingerprint density at radius 2 is 2.05 bits per heavy atom. The molecule has 2 aromatic heterocycles. The van der Waals surface area contributed by atoms with Crippen molar-refractivity contribution in [2.24, 2.45) is 0 Å². The van der Waals surface area contributed by atoms with Crippen molar-refractivity contribution in [3.05, 3.63) is 64.8 Å². The number of thiophene rings is 1. The second kappa shape index (κ2) is 5.73. The van der Waals surface area contributed by atoms with Crippen LogP contribution in [0.1, 0.15) is 29.8 Å². The SMILES string of the molecule is CCc1ccc(CC(O)c2csc3ccccc23)nc1. The Hall–Kier alpha value is -1.71. The smallest absolute Gasteiger partial charge is 0.0859 e. The Labute approximate surface area is 122 Å². The summed E-state index contributed by atoms with van der Waals surface area (Å²) in [6.07, 6.45) is 2.95. The van der Waals surface area contributed by atoms with Crippen LogP contribution >= 0.6 is 11.3 Å². The lowest BCUT2D eigenvalue weighted by molar-refractivity contribution is 0.179. The fraction of sp³-hybridized carbons (Fsp3) is 0.235. The summed E-state index contributed by atoms with van der Waals surface area (Å²) >= 11 is 1.68. The average molecular weight is 283 g/mol. The molecule has 2 nitrogen and oxygen atoms in total. The summed E-state index contributed by atoms with van der Waals surface area (Å²) in [6, 6.07) is 12.3. The standard InChI is InChI=1S/C17H17NOS/c1-2-12-7-8-13(18-10-12)9-16(19)15-11-20-17-6-4-3-5-14(15)17/h3-8,10-11,16,19H,2,9H2,1H3. The van der Waals surface area contributed by atoms with E-state index in [0.29, 0.717) is 6.42 Å². The highest BCUT2D eigenvalue weighted by Gasteiger charge is 2.14. The van der Waals surface area contributed by atoms with E-state index in [1.165, 1.54) is 10.3 Å². The van der Waals surface area contributed by atoms with Crippen LogP contribution in [0.4, 0.5) is 0 Å². The van der Waals surface area contributed by atoms with Crippen LogP contribution in [0.3, 0.4) is 0 Å². The summed E-state index contributed by atoms with van der Waals surface area (Å²) in [4.78, 5) is 4.42. The molecule has 0 aliphatic carbocycles. The Morgan fingerprint density at radius 3 is 2.80 bits per heavy atom. The first kappa shape index (κ1) is 13.3. The van der Waals surface area contributed by atoms with Gasteiger partial charge in [-0.05, 0) is 40.4 Å². The molecule has 1 N–H and O–H groups in total. The first-order valence-electron chi connectivity index (χ1n) is 6.86. The van der Waals surface area contributed by atoms with Crippen molar-refractivity contribution in [3.8, 4) is 0 Å². The van der Waals surface area contributed by atoms with Crippen LogP contribution in [0, 0.1) is 0 Å². The number of aliphatic hydroxyl groups is 1. The zero-order valence-corrected chi connectivity index (χ0v) is 12.2. The lowest BCUT2D eigenvalue weighted by Crippen LogP contribution is -2.03. The molecule has 0 bridgehead atoms. The van der Waals surface area contributed by atoms with Crippen molar-refractivity contribution in [3.63, 3.8) is 0 Å². The number of hydrogen-bond acceptors (Lipinski definition) is 3. The summed E-state index contributed by atoms with van der Waals surface area (Å²) in [5, 5.41) is 13.7. The third kappa shape index (κ3) is 2.60. The van der Waals surface area contributed by atoms with E-state index in [4.69, 9.17) is 0 Å². The summed E-state index contributed by atoms with van der Waals surface area (Å²) in [5.41, 5.74) is 3.17. The van der Waals surface area contributed by atoms with Crippen LogP contribution in [0.2, 0.25) is 0 Å². The van der Waals surface area contributed by atoms with Gasteiger partial charge in [0.1, 0.15) is 0 Å². The van der Waals surface area contributed by atoms with Gasteiger partial charge in [0.2, 0.25) is 0 Å². The van der Waals surface area contributed by atoms with Crippen LogP contribution in [0.15, 0.2) is 48.0 Å². The van der Waals surface area contributed by atoms with Crippen molar-refractivity contribution < 1.29 is 5.11 Å². The van der Waals surface area contributed by atoms with E-state index < -0.39 is 6.10 Å². The predicted octanol–water partition coefficient (Wildman–Crippen LogP) is 4.13. The normalized spacial score (nSPS) is 12.7. The number of rotatable bonds is 4. The Balaban J connectivity index is 1.83. The number of aryl methyl sites for hydroxylation is 1. The average Bonchev–Trinajstić information content (AvgIpc) is 2.92. The number of aromatic nitrogens is 1. The second-order valence-corrected chi connectivity index (χ2v) is 5.83. The molecule has 1 unspecified atom stereocenters. The Morgan fingerprint density at radius 1 is 1.20 bits per heavy atom. The quantitative estimate of drug-likeness (QED) is 0.781. The fourth-order valence-electron chi connectivity index (χ4n) is 2.35.